The molecule has 2 rings (SSSR count). The van der Waals surface area contributed by atoms with Crippen LogP contribution in [0.15, 0.2) is 18.2 Å². The van der Waals surface area contributed by atoms with E-state index < -0.39 is 12.1 Å². The van der Waals surface area contributed by atoms with Crippen LogP contribution >= 0.6 is 23.2 Å². The summed E-state index contributed by atoms with van der Waals surface area (Å²) in [6.45, 7) is 5.45. The average Bonchev–Trinajstić information content (AvgIpc) is 2.41. The van der Waals surface area contributed by atoms with Gasteiger partial charge in [-0.05, 0) is 38.0 Å². The highest BCUT2D eigenvalue weighted by Gasteiger charge is 2.40. The maximum Gasteiger partial charge on any atom is 0.246 e. The lowest BCUT2D eigenvalue weighted by Crippen LogP contribution is -2.62. The van der Waals surface area contributed by atoms with Crippen LogP contribution in [-0.4, -0.2) is 28.8 Å². The maximum atomic E-state index is 12.5. The van der Waals surface area contributed by atoms with Gasteiger partial charge in [0, 0.05) is 10.0 Å². The first-order chi connectivity index (χ1) is 9.86. The molecule has 2 amide bonds. The van der Waals surface area contributed by atoms with Crippen molar-refractivity contribution in [1.29, 1.82) is 0 Å². The number of amides is 2. The van der Waals surface area contributed by atoms with Gasteiger partial charge in [-0.3, -0.25) is 9.59 Å². The number of nitrogens with zero attached hydrogens (tertiary/aromatic N) is 1. The fourth-order valence-corrected chi connectivity index (χ4v) is 3.27. The first-order valence-electron chi connectivity index (χ1n) is 6.94. The van der Waals surface area contributed by atoms with Crippen molar-refractivity contribution in [2.24, 2.45) is 0 Å². The molecule has 1 aromatic carbocycles. The Balaban J connectivity index is 2.40. The maximum absolute atomic E-state index is 12.5. The van der Waals surface area contributed by atoms with Crippen molar-refractivity contribution in [3.8, 4) is 0 Å². The second-order valence-corrected chi connectivity index (χ2v) is 6.09. The molecule has 1 fully saturated rings. The van der Waals surface area contributed by atoms with Crippen molar-refractivity contribution in [3.05, 3.63) is 33.8 Å². The van der Waals surface area contributed by atoms with Crippen molar-refractivity contribution in [2.45, 2.75) is 45.3 Å². The minimum absolute atomic E-state index is 0.0973. The number of hydrogen-bond donors (Lipinski definition) is 1. The molecular weight excluding hydrogens is 311 g/mol. The molecule has 1 aliphatic heterocycles. The summed E-state index contributed by atoms with van der Waals surface area (Å²) in [7, 11) is 0. The number of piperazine rings is 1. The molecule has 3 unspecified atom stereocenters. The van der Waals surface area contributed by atoms with E-state index in [0.717, 1.165) is 5.56 Å². The molecular formula is C15H18Cl2N2O2. The van der Waals surface area contributed by atoms with Crippen molar-refractivity contribution in [1.82, 2.24) is 10.2 Å². The van der Waals surface area contributed by atoms with Gasteiger partial charge in [0.15, 0.2) is 0 Å². The molecule has 0 radical (unpaired) electrons. The van der Waals surface area contributed by atoms with Crippen molar-refractivity contribution < 1.29 is 9.59 Å². The molecule has 1 aromatic rings. The van der Waals surface area contributed by atoms with Crippen LogP contribution in [0.2, 0.25) is 10.0 Å². The Labute approximate surface area is 134 Å². The summed E-state index contributed by atoms with van der Waals surface area (Å²) >= 11 is 12.1. The lowest BCUT2D eigenvalue weighted by atomic mass is 9.99. The third-order valence-electron chi connectivity index (χ3n) is 3.84. The summed E-state index contributed by atoms with van der Waals surface area (Å²) in [4.78, 5) is 26.2. The van der Waals surface area contributed by atoms with E-state index in [1.54, 1.807) is 30.0 Å². The minimum atomic E-state index is -0.520. The Bertz CT molecular complexity index is 577. The molecule has 21 heavy (non-hydrogen) atoms. The molecule has 0 saturated carbocycles. The van der Waals surface area contributed by atoms with Crippen LogP contribution in [0.1, 0.15) is 38.8 Å². The predicted octanol–water partition coefficient (Wildman–Crippen LogP) is 3.18. The van der Waals surface area contributed by atoms with Gasteiger partial charge in [0.25, 0.3) is 0 Å². The van der Waals surface area contributed by atoms with E-state index >= 15 is 0 Å². The number of carbonyl (C=O) groups is 2. The molecule has 6 heteroatoms. The number of nitrogens with one attached hydrogen (secondary N) is 1. The Hall–Kier alpha value is -1.26. The standard InChI is InChI=1S/C15H18Cl2N2O2/c1-4-13-14(20)18-8(2)15(21)19(13)9(3)11-6-5-10(16)7-12(11)17/h5-9,13H,4H2,1-3H3,(H,18,20). The number of hydrogen-bond acceptors (Lipinski definition) is 2. The zero-order valence-electron chi connectivity index (χ0n) is 12.2. The van der Waals surface area contributed by atoms with Crippen molar-refractivity contribution in [2.75, 3.05) is 0 Å². The Morgan fingerprint density at radius 2 is 2.00 bits per heavy atom. The zero-order chi connectivity index (χ0) is 15.7. The topological polar surface area (TPSA) is 49.4 Å². The molecule has 1 saturated heterocycles. The fraction of sp³-hybridized carbons (Fsp3) is 0.467. The predicted molar refractivity (Wildman–Crippen MR) is 83.4 cm³/mol. The van der Waals surface area contributed by atoms with Gasteiger partial charge >= 0.3 is 0 Å². The summed E-state index contributed by atoms with van der Waals surface area (Å²) in [6.07, 6.45) is 0.555. The summed E-state index contributed by atoms with van der Waals surface area (Å²) in [6, 6.07) is 3.89. The van der Waals surface area contributed by atoms with Gasteiger partial charge in [-0.2, -0.15) is 0 Å². The lowest BCUT2D eigenvalue weighted by molar-refractivity contribution is -0.151. The van der Waals surface area contributed by atoms with E-state index in [-0.39, 0.29) is 17.9 Å². The van der Waals surface area contributed by atoms with Crippen LogP contribution in [0, 0.1) is 0 Å². The van der Waals surface area contributed by atoms with Gasteiger partial charge in [-0.15, -0.1) is 0 Å². The number of carbonyl (C=O) groups excluding carboxylic acids is 2. The van der Waals surface area contributed by atoms with Gasteiger partial charge in [0.2, 0.25) is 11.8 Å². The smallest absolute Gasteiger partial charge is 0.246 e. The second kappa shape index (κ2) is 6.24. The number of benzene rings is 1. The fourth-order valence-electron chi connectivity index (χ4n) is 2.71. The summed E-state index contributed by atoms with van der Waals surface area (Å²) in [5, 5.41) is 3.74. The van der Waals surface area contributed by atoms with E-state index in [2.05, 4.69) is 5.32 Å². The molecule has 1 heterocycles. The van der Waals surface area contributed by atoms with Crippen LogP contribution in [-0.2, 0) is 9.59 Å². The third-order valence-corrected chi connectivity index (χ3v) is 4.40. The lowest BCUT2D eigenvalue weighted by Gasteiger charge is -2.41. The summed E-state index contributed by atoms with van der Waals surface area (Å²) in [5.41, 5.74) is 0.787. The van der Waals surface area contributed by atoms with E-state index in [1.165, 1.54) is 0 Å². The van der Waals surface area contributed by atoms with Gasteiger partial charge < -0.3 is 10.2 Å². The SMILES string of the molecule is CCC1C(=O)NC(C)C(=O)N1C(C)c1ccc(Cl)cc1Cl. The van der Waals surface area contributed by atoms with Gasteiger partial charge in [0.1, 0.15) is 12.1 Å². The summed E-state index contributed by atoms with van der Waals surface area (Å²) in [5.74, 6) is -0.221. The Morgan fingerprint density at radius 3 is 2.57 bits per heavy atom. The molecule has 0 bridgehead atoms. The zero-order valence-corrected chi connectivity index (χ0v) is 13.7. The first-order valence-corrected chi connectivity index (χ1v) is 7.69. The molecule has 1 aliphatic rings. The van der Waals surface area contributed by atoms with Crippen LogP contribution < -0.4 is 5.32 Å². The normalized spacial score (nSPS) is 24.0. The van der Waals surface area contributed by atoms with Crippen LogP contribution in [0.25, 0.3) is 0 Å². The average molecular weight is 329 g/mol. The highest BCUT2D eigenvalue weighted by atomic mass is 35.5. The molecule has 0 aliphatic carbocycles. The molecule has 3 atom stereocenters. The molecule has 0 aromatic heterocycles. The second-order valence-electron chi connectivity index (χ2n) is 5.24. The quantitative estimate of drug-likeness (QED) is 0.926. The highest BCUT2D eigenvalue weighted by molar-refractivity contribution is 6.35. The molecule has 114 valence electrons. The summed E-state index contributed by atoms with van der Waals surface area (Å²) < 4.78 is 0. The number of rotatable bonds is 3. The third kappa shape index (κ3) is 3.01. The monoisotopic (exact) mass is 328 g/mol. The molecule has 4 nitrogen and oxygen atoms in total. The highest BCUT2D eigenvalue weighted by Crippen LogP contribution is 2.32. The van der Waals surface area contributed by atoms with E-state index in [4.69, 9.17) is 23.2 Å². The minimum Gasteiger partial charge on any atom is -0.343 e. The molecule has 0 spiro atoms. The van der Waals surface area contributed by atoms with E-state index in [1.807, 2.05) is 13.8 Å². The van der Waals surface area contributed by atoms with Crippen LogP contribution in [0.4, 0.5) is 0 Å². The largest absolute Gasteiger partial charge is 0.343 e. The van der Waals surface area contributed by atoms with Crippen molar-refractivity contribution >= 4 is 35.0 Å². The van der Waals surface area contributed by atoms with E-state index in [0.29, 0.717) is 16.5 Å². The molecule has 1 N–H and O–H groups in total. The first kappa shape index (κ1) is 16.1. The van der Waals surface area contributed by atoms with Crippen LogP contribution in [0.3, 0.4) is 0 Å². The number of halogens is 2. The van der Waals surface area contributed by atoms with Crippen LogP contribution in [0.5, 0.6) is 0 Å². The van der Waals surface area contributed by atoms with Gasteiger partial charge in [-0.1, -0.05) is 36.2 Å². The van der Waals surface area contributed by atoms with Gasteiger partial charge in [-0.25, -0.2) is 0 Å². The van der Waals surface area contributed by atoms with Gasteiger partial charge in [0.05, 0.1) is 6.04 Å². The van der Waals surface area contributed by atoms with E-state index in [9.17, 15) is 9.59 Å². The van der Waals surface area contributed by atoms with Crippen molar-refractivity contribution in [3.63, 3.8) is 0 Å². The Morgan fingerprint density at radius 1 is 1.33 bits per heavy atom. The Kier molecular flexibility index (Phi) is 4.79.